The van der Waals surface area contributed by atoms with Crippen molar-refractivity contribution in [3.8, 4) is 0 Å². The molecule has 2 aromatic heterocycles. The summed E-state index contributed by atoms with van der Waals surface area (Å²) in [5.41, 5.74) is 6.16. The molecule has 1 aliphatic rings. The number of alkyl halides is 3. The predicted octanol–water partition coefficient (Wildman–Crippen LogP) is 3.84. The van der Waals surface area contributed by atoms with Crippen LogP contribution in [-0.2, 0) is 30.5 Å². The molecule has 1 aliphatic carbocycles. The van der Waals surface area contributed by atoms with Gasteiger partial charge >= 0.3 is 6.18 Å². The molecule has 0 saturated heterocycles. The third-order valence-corrected chi connectivity index (χ3v) is 5.37. The Morgan fingerprint density at radius 3 is 2.44 bits per heavy atom. The van der Waals surface area contributed by atoms with Gasteiger partial charge in [0.25, 0.3) is 0 Å². The van der Waals surface area contributed by atoms with E-state index in [2.05, 4.69) is 20.3 Å². The number of halogens is 4. The van der Waals surface area contributed by atoms with Crippen molar-refractivity contribution >= 4 is 17.5 Å². The molecule has 2 heterocycles. The number of hydrogen-bond donors (Lipinski definition) is 2. The highest BCUT2D eigenvalue weighted by atomic mass is 19.4. The normalized spacial score (nSPS) is 13.5. The van der Waals surface area contributed by atoms with E-state index in [1.807, 2.05) is 0 Å². The van der Waals surface area contributed by atoms with Gasteiger partial charge in [-0.25, -0.2) is 9.97 Å². The van der Waals surface area contributed by atoms with E-state index >= 15 is 4.39 Å². The number of hydrogen-bond acceptors (Lipinski definition) is 6. The van der Waals surface area contributed by atoms with E-state index in [1.54, 1.807) is 29.2 Å². The lowest BCUT2D eigenvalue weighted by atomic mass is 10.1. The maximum atomic E-state index is 15.3. The molecule has 0 bridgehead atoms. The van der Waals surface area contributed by atoms with Crippen molar-refractivity contribution in [2.24, 2.45) is 5.73 Å². The molecule has 1 fully saturated rings. The van der Waals surface area contributed by atoms with Crippen molar-refractivity contribution < 1.29 is 22.4 Å². The van der Waals surface area contributed by atoms with Gasteiger partial charge in [0.1, 0.15) is 6.33 Å². The van der Waals surface area contributed by atoms with Crippen molar-refractivity contribution in [2.45, 2.75) is 44.6 Å². The number of aromatic nitrogens is 3. The number of pyridine rings is 1. The highest BCUT2D eigenvalue weighted by molar-refractivity contribution is 5.76. The van der Waals surface area contributed by atoms with Gasteiger partial charge in [-0.15, -0.1) is 0 Å². The molecule has 34 heavy (non-hydrogen) atoms. The highest BCUT2D eigenvalue weighted by Crippen LogP contribution is 2.35. The van der Waals surface area contributed by atoms with Crippen LogP contribution in [0.3, 0.4) is 0 Å². The number of nitrogens with one attached hydrogen (secondary N) is 1. The van der Waals surface area contributed by atoms with Gasteiger partial charge in [-0.2, -0.15) is 17.6 Å². The van der Waals surface area contributed by atoms with Crippen LogP contribution in [0.25, 0.3) is 0 Å². The molecular formula is C23H22F4N6O. The van der Waals surface area contributed by atoms with E-state index < -0.39 is 23.5 Å². The zero-order valence-corrected chi connectivity index (χ0v) is 18.0. The number of nitrogens with zero attached hydrogens (tertiary/aromatic N) is 4. The fourth-order valence-corrected chi connectivity index (χ4v) is 3.52. The smallest absolute Gasteiger partial charge is 0.369 e. The van der Waals surface area contributed by atoms with E-state index in [4.69, 9.17) is 5.73 Å². The second-order valence-electron chi connectivity index (χ2n) is 8.07. The van der Waals surface area contributed by atoms with Crippen LogP contribution in [0.4, 0.5) is 29.2 Å². The largest absolute Gasteiger partial charge is 0.416 e. The molecule has 0 aliphatic heterocycles. The zero-order valence-electron chi connectivity index (χ0n) is 18.0. The number of carbonyl (C=O) groups is 1. The fourth-order valence-electron chi connectivity index (χ4n) is 3.52. The monoisotopic (exact) mass is 474 g/mol. The Balaban J connectivity index is 1.50. The minimum Gasteiger partial charge on any atom is -0.369 e. The van der Waals surface area contributed by atoms with Gasteiger partial charge in [-0.05, 0) is 36.1 Å². The Hall–Kier alpha value is -3.76. The maximum Gasteiger partial charge on any atom is 0.416 e. The summed E-state index contributed by atoms with van der Waals surface area (Å²) in [4.78, 5) is 24.7. The lowest BCUT2D eigenvalue weighted by Crippen LogP contribution is -2.28. The van der Waals surface area contributed by atoms with Gasteiger partial charge in [0.05, 0.1) is 24.2 Å². The highest BCUT2D eigenvalue weighted by Gasteiger charge is 2.34. The van der Waals surface area contributed by atoms with Crippen molar-refractivity contribution in [3.63, 3.8) is 0 Å². The van der Waals surface area contributed by atoms with Crippen LogP contribution in [0.2, 0.25) is 0 Å². The molecule has 0 radical (unpaired) electrons. The van der Waals surface area contributed by atoms with Crippen LogP contribution < -0.4 is 16.0 Å². The molecule has 11 heteroatoms. The number of primary amides is 1. The molecule has 4 rings (SSSR count). The second-order valence-corrected chi connectivity index (χ2v) is 8.07. The van der Waals surface area contributed by atoms with E-state index in [0.29, 0.717) is 0 Å². The van der Waals surface area contributed by atoms with Gasteiger partial charge in [-0.1, -0.05) is 24.3 Å². The molecule has 3 aromatic rings. The molecule has 1 amide bonds. The average Bonchev–Trinajstić information content (AvgIpc) is 3.63. The summed E-state index contributed by atoms with van der Waals surface area (Å²) in [7, 11) is 0. The third kappa shape index (κ3) is 5.77. The van der Waals surface area contributed by atoms with Crippen molar-refractivity contribution in [3.05, 3.63) is 77.1 Å². The summed E-state index contributed by atoms with van der Waals surface area (Å²) in [5.74, 6) is -1.13. The minimum absolute atomic E-state index is 0.0102. The van der Waals surface area contributed by atoms with E-state index in [1.165, 1.54) is 6.33 Å². The number of carbonyl (C=O) groups excluding carboxylic acids is 1. The van der Waals surface area contributed by atoms with Crippen molar-refractivity contribution in [1.82, 2.24) is 15.0 Å². The topological polar surface area (TPSA) is 97.0 Å². The number of anilines is 2. The molecular weight excluding hydrogens is 452 g/mol. The van der Waals surface area contributed by atoms with E-state index in [0.717, 1.165) is 42.3 Å². The Bertz CT molecular complexity index is 1160. The number of nitrogens with two attached hydrogens (primary N) is 1. The standard InChI is InChI=1S/C23H22F4N6O/c24-20-21(30-11-15-3-1-14(2-4-15)9-19(28)34)31-13-32-22(20)33(18-5-6-18)12-17-10-16(7-8-29-17)23(25,26)27/h1-4,7-8,10,13,18H,5-6,9,11-12H2,(H2,28,34)(H,30,31,32). The molecule has 0 spiro atoms. The second kappa shape index (κ2) is 9.62. The van der Waals surface area contributed by atoms with Crippen LogP contribution >= 0.6 is 0 Å². The predicted molar refractivity (Wildman–Crippen MR) is 117 cm³/mol. The summed E-state index contributed by atoms with van der Waals surface area (Å²) < 4.78 is 54.5. The van der Waals surface area contributed by atoms with Gasteiger partial charge in [0.2, 0.25) is 11.7 Å². The van der Waals surface area contributed by atoms with Gasteiger partial charge in [0.15, 0.2) is 11.6 Å². The number of benzene rings is 1. The summed E-state index contributed by atoms with van der Waals surface area (Å²) in [6, 6.07) is 8.95. The summed E-state index contributed by atoms with van der Waals surface area (Å²) >= 11 is 0. The van der Waals surface area contributed by atoms with Crippen LogP contribution in [0, 0.1) is 5.82 Å². The average molecular weight is 474 g/mol. The lowest BCUT2D eigenvalue weighted by Gasteiger charge is -2.24. The first-order valence-electron chi connectivity index (χ1n) is 10.6. The first-order chi connectivity index (χ1) is 16.2. The van der Waals surface area contributed by atoms with Crippen molar-refractivity contribution in [2.75, 3.05) is 10.2 Å². The van der Waals surface area contributed by atoms with Gasteiger partial charge in [-0.3, -0.25) is 9.78 Å². The molecule has 178 valence electrons. The van der Waals surface area contributed by atoms with Crippen LogP contribution in [0.5, 0.6) is 0 Å². The molecule has 1 aromatic carbocycles. The molecule has 3 N–H and O–H groups in total. The SMILES string of the molecule is NC(=O)Cc1ccc(CNc2ncnc(N(Cc3cc(C(F)(F)F)ccn3)C3CC3)c2F)cc1. The third-order valence-electron chi connectivity index (χ3n) is 5.37. The fraction of sp³-hybridized carbons (Fsp3) is 0.304. The van der Waals surface area contributed by atoms with Gasteiger partial charge < -0.3 is 16.0 Å². The van der Waals surface area contributed by atoms with E-state index in [-0.39, 0.29) is 42.9 Å². The molecule has 0 unspecified atom stereocenters. The Labute approximate surface area is 193 Å². The Kier molecular flexibility index (Phi) is 6.62. The molecule has 7 nitrogen and oxygen atoms in total. The van der Waals surface area contributed by atoms with Crippen LogP contribution in [0.1, 0.15) is 35.2 Å². The number of amides is 1. The molecule has 0 atom stereocenters. The summed E-state index contributed by atoms with van der Waals surface area (Å²) in [6.45, 7) is 0.256. The number of rotatable bonds is 9. The lowest BCUT2D eigenvalue weighted by molar-refractivity contribution is -0.137. The van der Waals surface area contributed by atoms with Gasteiger partial charge in [0, 0.05) is 18.8 Å². The Morgan fingerprint density at radius 2 is 1.79 bits per heavy atom. The summed E-state index contributed by atoms with van der Waals surface area (Å²) in [5, 5.41) is 2.93. The zero-order chi connectivity index (χ0) is 24.3. The first kappa shape index (κ1) is 23.4. The first-order valence-corrected chi connectivity index (χ1v) is 10.6. The minimum atomic E-state index is -4.49. The quantitative estimate of drug-likeness (QED) is 0.458. The van der Waals surface area contributed by atoms with E-state index in [9.17, 15) is 18.0 Å². The Morgan fingerprint density at radius 1 is 1.09 bits per heavy atom. The van der Waals surface area contributed by atoms with Crippen LogP contribution in [-0.4, -0.2) is 26.9 Å². The maximum absolute atomic E-state index is 15.3. The van der Waals surface area contributed by atoms with Crippen molar-refractivity contribution in [1.29, 1.82) is 0 Å². The molecule has 1 saturated carbocycles. The van der Waals surface area contributed by atoms with Crippen LogP contribution in [0.15, 0.2) is 48.9 Å². The summed E-state index contributed by atoms with van der Waals surface area (Å²) in [6.07, 6.45) is -0.481.